The molecule has 0 aromatic heterocycles. The summed E-state index contributed by atoms with van der Waals surface area (Å²) in [5, 5.41) is 4.47. The molecule has 184 valence electrons. The molecule has 1 fully saturated rings. The number of carbonyl (C=O) groups is 1. The van der Waals surface area contributed by atoms with Crippen LogP contribution >= 0.6 is 23.2 Å². The van der Waals surface area contributed by atoms with Crippen LogP contribution in [0.1, 0.15) is 17.5 Å². The fraction of sp³-hybridized carbons (Fsp3) is 0.318. The summed E-state index contributed by atoms with van der Waals surface area (Å²) in [7, 11) is -7.27. The maximum Gasteiger partial charge on any atom is 0.243 e. The minimum Gasteiger partial charge on any atom is -0.352 e. The molecule has 1 heterocycles. The normalized spacial score (nSPS) is 16.9. The number of hydrogen-bond donors (Lipinski definition) is 2. The fourth-order valence-electron chi connectivity index (χ4n) is 3.50. The van der Waals surface area contributed by atoms with E-state index in [0.29, 0.717) is 35.1 Å². The maximum absolute atomic E-state index is 13.0. The van der Waals surface area contributed by atoms with Crippen molar-refractivity contribution in [2.24, 2.45) is 5.92 Å². The van der Waals surface area contributed by atoms with Crippen molar-refractivity contribution in [3.63, 3.8) is 0 Å². The molecule has 12 heteroatoms. The molecule has 1 atom stereocenters. The zero-order chi connectivity index (χ0) is 24.9. The third kappa shape index (κ3) is 7.03. The summed E-state index contributed by atoms with van der Waals surface area (Å²) in [4.78, 5) is 12.4. The molecule has 2 aromatic carbocycles. The van der Waals surface area contributed by atoms with Crippen LogP contribution in [0.3, 0.4) is 0 Å². The number of nitrogens with one attached hydrogen (secondary N) is 2. The first-order chi connectivity index (χ1) is 16.0. The lowest BCUT2D eigenvalue weighted by atomic mass is 10.1. The van der Waals surface area contributed by atoms with Crippen LogP contribution in [0.2, 0.25) is 10.0 Å². The summed E-state index contributed by atoms with van der Waals surface area (Å²) < 4.78 is 52.7. The lowest BCUT2D eigenvalue weighted by Crippen LogP contribution is -2.32. The second kappa shape index (κ2) is 11.2. The molecule has 0 radical (unpaired) electrons. The molecule has 3 rings (SSSR count). The molecule has 1 amide bonds. The van der Waals surface area contributed by atoms with Crippen LogP contribution in [0, 0.1) is 5.92 Å². The Balaban J connectivity index is 1.54. The standard InChI is InChI=1S/C22H25Cl2N3O5S2/c1-2-33(29,30)26-14-18-9-10-27(15-18)34(31,32)19-6-3-16(4-7-19)12-22(28)25-13-17-5-8-20(23)21(24)11-17/h2-8,11,18,26H,1,9-10,12-15H2,(H,25,28)/t18-/m1/s1. The number of benzene rings is 2. The average molecular weight is 546 g/mol. The van der Waals surface area contributed by atoms with Crippen molar-refractivity contribution >= 4 is 49.2 Å². The molecule has 2 aromatic rings. The van der Waals surface area contributed by atoms with E-state index in [0.717, 1.165) is 11.0 Å². The second-order valence-electron chi connectivity index (χ2n) is 7.92. The van der Waals surface area contributed by atoms with Crippen molar-refractivity contribution in [3.05, 3.63) is 75.6 Å². The van der Waals surface area contributed by atoms with Crippen LogP contribution in [0.25, 0.3) is 0 Å². The maximum atomic E-state index is 13.0. The first-order valence-electron chi connectivity index (χ1n) is 10.4. The van der Waals surface area contributed by atoms with Gasteiger partial charge >= 0.3 is 0 Å². The SMILES string of the molecule is C=CS(=O)(=O)NC[C@H]1CCN(S(=O)(=O)c2ccc(CC(=O)NCc3ccc(Cl)c(Cl)c3)cc2)C1. The number of hydrogen-bond acceptors (Lipinski definition) is 5. The van der Waals surface area contributed by atoms with E-state index in [1.165, 1.54) is 16.4 Å². The highest BCUT2D eigenvalue weighted by Gasteiger charge is 2.32. The Morgan fingerprint density at radius 1 is 1.06 bits per heavy atom. The van der Waals surface area contributed by atoms with Crippen molar-refractivity contribution in [2.45, 2.75) is 24.3 Å². The summed E-state index contributed by atoms with van der Waals surface area (Å²) in [5.74, 6) is -0.339. The van der Waals surface area contributed by atoms with Gasteiger partial charge in [0.05, 0.1) is 21.4 Å². The summed E-state index contributed by atoms with van der Waals surface area (Å²) in [6, 6.07) is 11.3. The van der Waals surface area contributed by atoms with Gasteiger partial charge in [0.1, 0.15) is 0 Å². The summed E-state index contributed by atoms with van der Waals surface area (Å²) in [6.45, 7) is 4.21. The van der Waals surface area contributed by atoms with Crippen LogP contribution in [-0.4, -0.2) is 46.7 Å². The van der Waals surface area contributed by atoms with Gasteiger partial charge in [-0.1, -0.05) is 48.0 Å². The topological polar surface area (TPSA) is 113 Å². The lowest BCUT2D eigenvalue weighted by Gasteiger charge is -2.17. The van der Waals surface area contributed by atoms with Gasteiger partial charge in [0.15, 0.2) is 0 Å². The summed E-state index contributed by atoms with van der Waals surface area (Å²) >= 11 is 11.9. The summed E-state index contributed by atoms with van der Waals surface area (Å²) in [5.41, 5.74) is 1.48. The molecular weight excluding hydrogens is 521 g/mol. The summed E-state index contributed by atoms with van der Waals surface area (Å²) in [6.07, 6.45) is 0.646. The predicted octanol–water partition coefficient (Wildman–Crippen LogP) is 2.93. The minimum absolute atomic E-state index is 0.0941. The molecule has 34 heavy (non-hydrogen) atoms. The van der Waals surface area contributed by atoms with Gasteiger partial charge in [0.25, 0.3) is 0 Å². The number of nitrogens with zero attached hydrogens (tertiary/aromatic N) is 1. The van der Waals surface area contributed by atoms with Crippen molar-refractivity contribution in [1.29, 1.82) is 0 Å². The van der Waals surface area contributed by atoms with E-state index >= 15 is 0 Å². The molecule has 8 nitrogen and oxygen atoms in total. The third-order valence-corrected chi connectivity index (χ3v) is 9.07. The molecule has 0 spiro atoms. The highest BCUT2D eigenvalue weighted by Crippen LogP contribution is 2.25. The quantitative estimate of drug-likeness (QED) is 0.476. The first kappa shape index (κ1) is 26.7. The minimum atomic E-state index is -3.72. The van der Waals surface area contributed by atoms with E-state index in [2.05, 4.69) is 16.6 Å². The van der Waals surface area contributed by atoms with Crippen LogP contribution in [-0.2, 0) is 37.8 Å². The molecule has 1 saturated heterocycles. The van der Waals surface area contributed by atoms with Crippen molar-refractivity contribution < 1.29 is 21.6 Å². The second-order valence-corrected chi connectivity index (χ2v) is 12.4. The van der Waals surface area contributed by atoms with E-state index in [9.17, 15) is 21.6 Å². The van der Waals surface area contributed by atoms with Crippen molar-refractivity contribution in [1.82, 2.24) is 14.3 Å². The van der Waals surface area contributed by atoms with Gasteiger partial charge in [-0.15, -0.1) is 0 Å². The van der Waals surface area contributed by atoms with Crippen LogP contribution in [0.4, 0.5) is 0 Å². The zero-order valence-corrected chi connectivity index (χ0v) is 21.4. The van der Waals surface area contributed by atoms with Gasteiger partial charge in [-0.05, 0) is 47.7 Å². The Bertz CT molecular complexity index is 1270. The van der Waals surface area contributed by atoms with Gasteiger partial charge in [0.2, 0.25) is 26.0 Å². The highest BCUT2D eigenvalue weighted by molar-refractivity contribution is 7.92. The van der Waals surface area contributed by atoms with Gasteiger partial charge < -0.3 is 5.32 Å². The molecule has 0 bridgehead atoms. The van der Waals surface area contributed by atoms with E-state index in [4.69, 9.17) is 23.2 Å². The van der Waals surface area contributed by atoms with E-state index in [-0.39, 0.29) is 36.2 Å². The van der Waals surface area contributed by atoms with Crippen molar-refractivity contribution in [3.8, 4) is 0 Å². The number of halogens is 2. The molecule has 0 aliphatic carbocycles. The van der Waals surface area contributed by atoms with Gasteiger partial charge in [-0.2, -0.15) is 4.31 Å². The van der Waals surface area contributed by atoms with Gasteiger partial charge in [-0.3, -0.25) is 4.79 Å². The Morgan fingerprint density at radius 2 is 1.74 bits per heavy atom. The molecule has 0 unspecified atom stereocenters. The zero-order valence-electron chi connectivity index (χ0n) is 18.2. The average Bonchev–Trinajstić information content (AvgIpc) is 3.29. The monoisotopic (exact) mass is 545 g/mol. The van der Waals surface area contributed by atoms with E-state index in [1.807, 2.05) is 0 Å². The molecular formula is C22H25Cl2N3O5S2. The van der Waals surface area contributed by atoms with E-state index in [1.54, 1.807) is 30.3 Å². The molecule has 1 aliphatic rings. The molecule has 0 saturated carbocycles. The van der Waals surface area contributed by atoms with Gasteiger partial charge in [0, 0.05) is 31.6 Å². The molecule has 1 aliphatic heterocycles. The van der Waals surface area contributed by atoms with Crippen molar-refractivity contribution in [2.75, 3.05) is 19.6 Å². The third-order valence-electron chi connectivity index (χ3n) is 5.44. The van der Waals surface area contributed by atoms with Crippen LogP contribution in [0.15, 0.2) is 59.3 Å². The smallest absolute Gasteiger partial charge is 0.243 e. The van der Waals surface area contributed by atoms with E-state index < -0.39 is 20.0 Å². The Hall–Kier alpha value is -1.95. The van der Waals surface area contributed by atoms with Gasteiger partial charge in [-0.25, -0.2) is 21.6 Å². The highest BCUT2D eigenvalue weighted by atomic mass is 35.5. The molecule has 2 N–H and O–H groups in total. The first-order valence-corrected chi connectivity index (χ1v) is 14.2. The number of amides is 1. The predicted molar refractivity (Wildman–Crippen MR) is 132 cm³/mol. The Kier molecular flexibility index (Phi) is 8.77. The lowest BCUT2D eigenvalue weighted by molar-refractivity contribution is -0.120. The number of sulfonamides is 2. The van der Waals surface area contributed by atoms with Crippen LogP contribution < -0.4 is 10.0 Å². The fourth-order valence-corrected chi connectivity index (χ4v) is 5.94. The number of carbonyl (C=O) groups excluding carboxylic acids is 1. The van der Waals surface area contributed by atoms with Crippen LogP contribution in [0.5, 0.6) is 0 Å². The Labute approximate surface area is 210 Å². The largest absolute Gasteiger partial charge is 0.352 e. The number of rotatable bonds is 10. The Morgan fingerprint density at radius 3 is 2.38 bits per heavy atom.